The number of benzene rings is 1. The van der Waals surface area contributed by atoms with E-state index in [4.69, 9.17) is 10.5 Å². The van der Waals surface area contributed by atoms with E-state index in [9.17, 15) is 4.79 Å². The summed E-state index contributed by atoms with van der Waals surface area (Å²) in [6.07, 6.45) is 0. The molecular weight excluding hydrogens is 252 g/mol. The number of nitriles is 2. The Morgan fingerprint density at radius 1 is 1.30 bits per heavy atom. The second kappa shape index (κ2) is 6.58. The predicted molar refractivity (Wildman–Crippen MR) is 76.6 cm³/mol. The van der Waals surface area contributed by atoms with Crippen LogP contribution in [0.4, 0.5) is 5.69 Å². The summed E-state index contributed by atoms with van der Waals surface area (Å²) in [7, 11) is 0. The number of nitrogens with one attached hydrogen (secondary N) is 2. The van der Waals surface area contributed by atoms with Gasteiger partial charge in [-0.2, -0.15) is 10.5 Å². The highest BCUT2D eigenvalue weighted by Crippen LogP contribution is 2.15. The summed E-state index contributed by atoms with van der Waals surface area (Å²) < 4.78 is 0. The number of hydrogen-bond donors (Lipinski definition) is 2. The molecule has 0 aromatic heterocycles. The van der Waals surface area contributed by atoms with Crippen molar-refractivity contribution in [3.05, 3.63) is 29.8 Å². The van der Waals surface area contributed by atoms with Crippen molar-refractivity contribution in [3.63, 3.8) is 0 Å². The first-order chi connectivity index (χ1) is 9.41. The largest absolute Gasteiger partial charge is 0.376 e. The topological polar surface area (TPSA) is 88.7 Å². The molecule has 104 valence electrons. The lowest BCUT2D eigenvalue weighted by molar-refractivity contribution is -0.121. The molecule has 0 radical (unpaired) electrons. The molecule has 0 aliphatic carbocycles. The van der Waals surface area contributed by atoms with Gasteiger partial charge in [0.1, 0.15) is 5.54 Å². The lowest BCUT2D eigenvalue weighted by atomic mass is 9.90. The molecule has 5 nitrogen and oxygen atoms in total. The van der Waals surface area contributed by atoms with Crippen molar-refractivity contribution in [2.24, 2.45) is 5.92 Å². The molecule has 0 bridgehead atoms. The summed E-state index contributed by atoms with van der Waals surface area (Å²) in [5.41, 5.74) is 0.447. The van der Waals surface area contributed by atoms with Gasteiger partial charge in [0, 0.05) is 5.69 Å². The lowest BCUT2D eigenvalue weighted by Crippen LogP contribution is -2.50. The second-order valence-corrected chi connectivity index (χ2v) is 5.06. The van der Waals surface area contributed by atoms with Crippen LogP contribution in [0.1, 0.15) is 26.3 Å². The van der Waals surface area contributed by atoms with Gasteiger partial charge >= 0.3 is 0 Å². The second-order valence-electron chi connectivity index (χ2n) is 5.06. The third kappa shape index (κ3) is 4.00. The highest BCUT2D eigenvalue weighted by atomic mass is 16.2. The molecule has 0 saturated carbocycles. The van der Waals surface area contributed by atoms with Crippen molar-refractivity contribution in [1.82, 2.24) is 5.32 Å². The Hall–Kier alpha value is -2.53. The monoisotopic (exact) mass is 270 g/mol. The molecule has 1 aromatic rings. The maximum absolute atomic E-state index is 11.8. The number of nitrogens with zero attached hydrogens (tertiary/aromatic N) is 2. The van der Waals surface area contributed by atoms with Gasteiger partial charge in [-0.15, -0.1) is 0 Å². The van der Waals surface area contributed by atoms with E-state index in [1.54, 1.807) is 31.2 Å². The predicted octanol–water partition coefficient (Wildman–Crippen LogP) is 2.02. The van der Waals surface area contributed by atoms with Gasteiger partial charge < -0.3 is 10.6 Å². The van der Waals surface area contributed by atoms with Gasteiger partial charge in [0.25, 0.3) is 0 Å². The average molecular weight is 270 g/mol. The van der Waals surface area contributed by atoms with Crippen LogP contribution in [0.2, 0.25) is 0 Å². The van der Waals surface area contributed by atoms with Crippen LogP contribution in [-0.2, 0) is 4.79 Å². The third-order valence-corrected chi connectivity index (χ3v) is 3.25. The minimum absolute atomic E-state index is 0.0198. The van der Waals surface area contributed by atoms with Crippen molar-refractivity contribution in [3.8, 4) is 12.1 Å². The van der Waals surface area contributed by atoms with Crippen LogP contribution in [0.3, 0.4) is 0 Å². The van der Waals surface area contributed by atoms with E-state index in [0.717, 1.165) is 5.69 Å². The normalized spacial score (nSPS) is 12.9. The van der Waals surface area contributed by atoms with E-state index < -0.39 is 5.54 Å². The molecule has 0 spiro atoms. The van der Waals surface area contributed by atoms with Crippen molar-refractivity contribution >= 4 is 11.6 Å². The first-order valence-corrected chi connectivity index (χ1v) is 6.37. The van der Waals surface area contributed by atoms with Crippen LogP contribution >= 0.6 is 0 Å². The van der Waals surface area contributed by atoms with E-state index in [2.05, 4.69) is 16.7 Å². The molecule has 0 heterocycles. The molecule has 2 N–H and O–H groups in total. The van der Waals surface area contributed by atoms with Crippen LogP contribution in [0.5, 0.6) is 0 Å². The maximum Gasteiger partial charge on any atom is 0.240 e. The van der Waals surface area contributed by atoms with Gasteiger partial charge in [-0.1, -0.05) is 13.8 Å². The fourth-order valence-corrected chi connectivity index (χ4v) is 1.48. The zero-order valence-electron chi connectivity index (χ0n) is 11.9. The summed E-state index contributed by atoms with van der Waals surface area (Å²) in [6, 6.07) is 11.0. The van der Waals surface area contributed by atoms with Gasteiger partial charge in [-0.05, 0) is 37.1 Å². The van der Waals surface area contributed by atoms with Crippen LogP contribution in [0.25, 0.3) is 0 Å². The zero-order chi connectivity index (χ0) is 15.2. The minimum Gasteiger partial charge on any atom is -0.376 e. The molecule has 0 aliphatic rings. The van der Waals surface area contributed by atoms with Crippen LogP contribution in [0.15, 0.2) is 24.3 Å². The first-order valence-electron chi connectivity index (χ1n) is 6.37. The number of anilines is 1. The van der Waals surface area contributed by atoms with E-state index in [1.807, 2.05) is 19.9 Å². The molecule has 1 atom stereocenters. The van der Waals surface area contributed by atoms with E-state index >= 15 is 0 Å². The summed E-state index contributed by atoms with van der Waals surface area (Å²) in [4.78, 5) is 11.8. The molecule has 1 rings (SSSR count). The van der Waals surface area contributed by atoms with Crippen LogP contribution in [-0.4, -0.2) is 18.0 Å². The van der Waals surface area contributed by atoms with Crippen molar-refractivity contribution in [2.75, 3.05) is 11.9 Å². The SMILES string of the molecule is CC(C)[C@](C)(C#N)NC(=O)CNc1ccc(C#N)cc1. The number of amides is 1. The van der Waals surface area contributed by atoms with Gasteiger partial charge in [-0.25, -0.2) is 0 Å². The quantitative estimate of drug-likeness (QED) is 0.856. The molecule has 0 unspecified atom stereocenters. The van der Waals surface area contributed by atoms with Gasteiger partial charge in [0.2, 0.25) is 5.91 Å². The molecule has 0 fully saturated rings. The minimum atomic E-state index is -0.872. The molecule has 1 amide bonds. The van der Waals surface area contributed by atoms with Crippen LogP contribution < -0.4 is 10.6 Å². The molecule has 0 aliphatic heterocycles. The Labute approximate surface area is 119 Å². The zero-order valence-corrected chi connectivity index (χ0v) is 11.9. The van der Waals surface area contributed by atoms with Gasteiger partial charge in [-0.3, -0.25) is 4.79 Å². The standard InChI is InChI=1S/C15H18N4O/c1-11(2)15(3,10-17)19-14(20)9-18-13-6-4-12(8-16)5-7-13/h4-7,11,18H,9H2,1-3H3,(H,19,20)/t15-/m0/s1. The van der Waals surface area contributed by atoms with E-state index in [-0.39, 0.29) is 18.4 Å². The average Bonchev–Trinajstić information content (AvgIpc) is 2.45. The molecule has 0 saturated heterocycles. The van der Waals surface area contributed by atoms with Crippen molar-refractivity contribution < 1.29 is 4.79 Å². The molecule has 20 heavy (non-hydrogen) atoms. The smallest absolute Gasteiger partial charge is 0.240 e. The fourth-order valence-electron chi connectivity index (χ4n) is 1.48. The molecular formula is C15H18N4O. The number of rotatable bonds is 5. The lowest BCUT2D eigenvalue weighted by Gasteiger charge is -2.27. The molecule has 5 heteroatoms. The Morgan fingerprint density at radius 2 is 1.90 bits per heavy atom. The number of hydrogen-bond acceptors (Lipinski definition) is 4. The third-order valence-electron chi connectivity index (χ3n) is 3.25. The van der Waals surface area contributed by atoms with Crippen molar-refractivity contribution in [1.29, 1.82) is 10.5 Å². The highest BCUT2D eigenvalue weighted by Gasteiger charge is 2.29. The Balaban J connectivity index is 2.55. The number of carbonyl (C=O) groups is 1. The summed E-state index contributed by atoms with van der Waals surface area (Å²) in [5, 5.41) is 23.5. The Bertz CT molecular complexity index is 551. The molecule has 1 aromatic carbocycles. The number of carbonyl (C=O) groups excluding carboxylic acids is 1. The van der Waals surface area contributed by atoms with Gasteiger partial charge in [0.05, 0.1) is 24.2 Å². The maximum atomic E-state index is 11.8. The van der Waals surface area contributed by atoms with Crippen LogP contribution in [0, 0.1) is 28.6 Å². The Morgan fingerprint density at radius 3 is 2.35 bits per heavy atom. The summed E-state index contributed by atoms with van der Waals surface area (Å²) in [5.74, 6) is -0.224. The summed E-state index contributed by atoms with van der Waals surface area (Å²) in [6.45, 7) is 5.56. The summed E-state index contributed by atoms with van der Waals surface area (Å²) >= 11 is 0. The van der Waals surface area contributed by atoms with Crippen molar-refractivity contribution in [2.45, 2.75) is 26.3 Å². The fraction of sp³-hybridized carbons (Fsp3) is 0.400. The highest BCUT2D eigenvalue weighted by molar-refractivity contribution is 5.81. The Kier molecular flexibility index (Phi) is 5.11. The van der Waals surface area contributed by atoms with E-state index in [0.29, 0.717) is 5.56 Å². The first kappa shape index (κ1) is 15.5. The van der Waals surface area contributed by atoms with E-state index in [1.165, 1.54) is 0 Å². The van der Waals surface area contributed by atoms with Gasteiger partial charge in [0.15, 0.2) is 0 Å².